The summed E-state index contributed by atoms with van der Waals surface area (Å²) in [6, 6.07) is 2.11. The number of fused-ring (bicyclic) bond motifs is 1. The highest BCUT2D eigenvalue weighted by Crippen LogP contribution is 2.39. The summed E-state index contributed by atoms with van der Waals surface area (Å²) in [6.07, 6.45) is 7.49. The molecule has 0 radical (unpaired) electrons. The van der Waals surface area contributed by atoms with Crippen molar-refractivity contribution in [3.63, 3.8) is 0 Å². The second-order valence-electron chi connectivity index (χ2n) is 5.71. The molecule has 6 heteroatoms. The van der Waals surface area contributed by atoms with Crippen LogP contribution < -0.4 is 5.32 Å². The highest BCUT2D eigenvalue weighted by molar-refractivity contribution is 7.80. The maximum atomic E-state index is 6.01. The lowest BCUT2D eigenvalue weighted by molar-refractivity contribution is 0.283. The molecule has 2 heterocycles. The van der Waals surface area contributed by atoms with Gasteiger partial charge in [-0.3, -0.25) is 0 Å². The quantitative estimate of drug-likeness (QED) is 0.677. The van der Waals surface area contributed by atoms with Crippen LogP contribution in [-0.2, 0) is 5.54 Å². The van der Waals surface area contributed by atoms with Gasteiger partial charge in [-0.2, -0.15) is 4.98 Å². The molecule has 21 heavy (non-hydrogen) atoms. The number of aromatic nitrogens is 3. The maximum absolute atomic E-state index is 6.01. The van der Waals surface area contributed by atoms with E-state index in [1.54, 1.807) is 6.20 Å². The van der Waals surface area contributed by atoms with E-state index in [2.05, 4.69) is 32.8 Å². The van der Waals surface area contributed by atoms with Crippen LogP contribution in [0, 0.1) is 6.92 Å². The first-order valence-corrected chi connectivity index (χ1v) is 8.10. The monoisotopic (exact) mass is 322 g/mol. The van der Waals surface area contributed by atoms with Crippen molar-refractivity contribution in [2.24, 2.45) is 0 Å². The molecule has 1 saturated carbocycles. The van der Waals surface area contributed by atoms with Crippen LogP contribution in [-0.4, -0.2) is 26.6 Å². The number of halogens is 1. The number of hydrogen-bond donors (Lipinski definition) is 1. The van der Waals surface area contributed by atoms with Gasteiger partial charge < -0.3 is 9.88 Å². The summed E-state index contributed by atoms with van der Waals surface area (Å²) in [7, 11) is 1.90. The first-order valence-electron chi connectivity index (χ1n) is 7.32. The summed E-state index contributed by atoms with van der Waals surface area (Å²) in [4.78, 5) is 9.44. The van der Waals surface area contributed by atoms with Crippen LogP contribution in [0.25, 0.3) is 11.0 Å². The molecule has 0 amide bonds. The van der Waals surface area contributed by atoms with E-state index in [-0.39, 0.29) is 10.8 Å². The second-order valence-corrected chi connectivity index (χ2v) is 6.46. The summed E-state index contributed by atoms with van der Waals surface area (Å²) < 4.78 is 2.27. The zero-order valence-corrected chi connectivity index (χ0v) is 13.9. The second kappa shape index (κ2) is 5.54. The van der Waals surface area contributed by atoms with Crippen molar-refractivity contribution in [2.45, 2.75) is 44.6 Å². The van der Waals surface area contributed by atoms with Gasteiger partial charge in [-0.15, -0.1) is 0 Å². The minimum Gasteiger partial charge on any atom is -0.381 e. The van der Waals surface area contributed by atoms with Crippen LogP contribution >= 0.6 is 23.8 Å². The van der Waals surface area contributed by atoms with Crippen molar-refractivity contribution in [3.05, 3.63) is 23.2 Å². The molecule has 0 bridgehead atoms. The smallest absolute Gasteiger partial charge is 0.224 e. The van der Waals surface area contributed by atoms with E-state index in [9.17, 15) is 0 Å². The van der Waals surface area contributed by atoms with Crippen LogP contribution in [0.15, 0.2) is 12.3 Å². The van der Waals surface area contributed by atoms with Gasteiger partial charge >= 0.3 is 0 Å². The molecule has 1 aliphatic rings. The lowest BCUT2D eigenvalue weighted by Gasteiger charge is -2.40. The van der Waals surface area contributed by atoms with Gasteiger partial charge in [0.1, 0.15) is 10.6 Å². The Balaban J connectivity index is 2.26. The summed E-state index contributed by atoms with van der Waals surface area (Å²) in [5, 5.41) is 4.50. The van der Waals surface area contributed by atoms with Crippen LogP contribution in [0.4, 0.5) is 0 Å². The fourth-order valence-corrected chi connectivity index (χ4v) is 3.99. The Labute approximate surface area is 134 Å². The van der Waals surface area contributed by atoms with E-state index in [4.69, 9.17) is 23.8 Å². The fraction of sp³-hybridized carbons (Fsp3) is 0.533. The first kappa shape index (κ1) is 14.7. The Morgan fingerprint density at radius 2 is 2.10 bits per heavy atom. The van der Waals surface area contributed by atoms with E-state index in [1.165, 1.54) is 19.3 Å². The number of likely N-dealkylation sites (N-methyl/N-ethyl adjacent to an activating group) is 1. The van der Waals surface area contributed by atoms with E-state index < -0.39 is 0 Å². The van der Waals surface area contributed by atoms with Gasteiger partial charge in [0.2, 0.25) is 5.28 Å². The Morgan fingerprint density at radius 3 is 2.76 bits per heavy atom. The molecule has 0 unspecified atom stereocenters. The Bertz CT molecular complexity index is 688. The molecule has 1 N–H and O–H groups in total. The third kappa shape index (κ3) is 2.32. The molecule has 1 aliphatic carbocycles. The highest BCUT2D eigenvalue weighted by Gasteiger charge is 2.39. The van der Waals surface area contributed by atoms with E-state index in [1.807, 2.05) is 7.05 Å². The summed E-state index contributed by atoms with van der Waals surface area (Å²) in [5.74, 6) is 0. The lowest BCUT2D eigenvalue weighted by Crippen LogP contribution is -2.48. The summed E-state index contributed by atoms with van der Waals surface area (Å²) in [5.41, 5.74) is 1.85. The largest absolute Gasteiger partial charge is 0.381 e. The van der Waals surface area contributed by atoms with E-state index in [0.717, 1.165) is 34.6 Å². The van der Waals surface area contributed by atoms with Gasteiger partial charge in [-0.25, -0.2) is 4.98 Å². The maximum Gasteiger partial charge on any atom is 0.224 e. The molecule has 0 aliphatic heterocycles. The van der Waals surface area contributed by atoms with Gasteiger partial charge in [0.25, 0.3) is 0 Å². The third-order valence-electron chi connectivity index (χ3n) is 4.45. The number of nitrogens with zero attached hydrogens (tertiary/aromatic N) is 3. The Hall–Kier alpha value is -1.20. The predicted octanol–water partition coefficient (Wildman–Crippen LogP) is 3.60. The molecule has 2 aromatic heterocycles. The molecule has 0 atom stereocenters. The lowest BCUT2D eigenvalue weighted by atomic mass is 9.81. The molecular formula is C15H19ClN4S. The number of nitrogens with one attached hydrogen (secondary N) is 1. The van der Waals surface area contributed by atoms with Crippen molar-refractivity contribution in [1.82, 2.24) is 19.9 Å². The molecule has 2 aromatic rings. The number of aryl methyl sites for hydroxylation is 1. The fourth-order valence-electron chi connectivity index (χ4n) is 3.56. The average molecular weight is 323 g/mol. The van der Waals surface area contributed by atoms with Gasteiger partial charge in [-0.05, 0) is 37.4 Å². The molecule has 112 valence electrons. The normalized spacial score (nSPS) is 17.9. The minimum absolute atomic E-state index is 0.189. The van der Waals surface area contributed by atoms with Crippen LogP contribution in [0.2, 0.25) is 5.28 Å². The van der Waals surface area contributed by atoms with Crippen molar-refractivity contribution in [2.75, 3.05) is 7.05 Å². The SMILES string of the molecule is CNC(=S)C1(n2c(C)cc3cnc(Cl)nc32)CCCCC1. The van der Waals surface area contributed by atoms with E-state index >= 15 is 0 Å². The molecule has 0 aromatic carbocycles. The Kier molecular flexibility index (Phi) is 3.88. The van der Waals surface area contributed by atoms with Crippen molar-refractivity contribution in [3.8, 4) is 0 Å². The third-order valence-corrected chi connectivity index (χ3v) is 5.22. The standard InChI is InChI=1S/C15H19ClN4S/c1-10-8-11-9-18-14(16)19-12(11)20(10)15(13(21)17-2)6-4-3-5-7-15/h8-9H,3-7H2,1-2H3,(H,17,21). The molecule has 0 spiro atoms. The number of rotatable bonds is 2. The molecule has 4 nitrogen and oxygen atoms in total. The molecule has 1 fully saturated rings. The number of thiocarbonyl (C=S) groups is 1. The van der Waals surface area contributed by atoms with Crippen LogP contribution in [0.3, 0.4) is 0 Å². The van der Waals surface area contributed by atoms with Crippen LogP contribution in [0.1, 0.15) is 37.8 Å². The molecule has 0 saturated heterocycles. The zero-order valence-electron chi connectivity index (χ0n) is 12.3. The van der Waals surface area contributed by atoms with E-state index in [0.29, 0.717) is 0 Å². The summed E-state index contributed by atoms with van der Waals surface area (Å²) in [6.45, 7) is 2.10. The number of hydrogen-bond acceptors (Lipinski definition) is 3. The van der Waals surface area contributed by atoms with Gasteiger partial charge in [0.15, 0.2) is 0 Å². The summed E-state index contributed by atoms with van der Waals surface area (Å²) >= 11 is 11.7. The average Bonchev–Trinajstić information content (AvgIpc) is 2.82. The van der Waals surface area contributed by atoms with Gasteiger partial charge in [0, 0.05) is 24.3 Å². The van der Waals surface area contributed by atoms with Crippen molar-refractivity contribution in [1.29, 1.82) is 0 Å². The van der Waals surface area contributed by atoms with Crippen LogP contribution in [0.5, 0.6) is 0 Å². The van der Waals surface area contributed by atoms with Crippen molar-refractivity contribution < 1.29 is 0 Å². The molecule has 3 rings (SSSR count). The first-order chi connectivity index (χ1) is 10.1. The topological polar surface area (TPSA) is 42.7 Å². The minimum atomic E-state index is -0.189. The highest BCUT2D eigenvalue weighted by atomic mass is 35.5. The van der Waals surface area contributed by atoms with Crippen molar-refractivity contribution >= 4 is 39.8 Å². The Morgan fingerprint density at radius 1 is 1.38 bits per heavy atom. The predicted molar refractivity (Wildman–Crippen MR) is 90.0 cm³/mol. The van der Waals surface area contributed by atoms with Gasteiger partial charge in [0.05, 0.1) is 5.54 Å². The zero-order chi connectivity index (χ0) is 15.0. The molecular weight excluding hydrogens is 304 g/mol. The van der Waals surface area contributed by atoms with Gasteiger partial charge in [-0.1, -0.05) is 31.5 Å².